The monoisotopic (exact) mass is 333 g/mol. The Hall–Kier alpha value is -1.92. The van der Waals surface area contributed by atoms with Crippen LogP contribution < -0.4 is 15.8 Å². The molecule has 5 nitrogen and oxygen atoms in total. The van der Waals surface area contributed by atoms with Gasteiger partial charge >= 0.3 is 0 Å². The molecule has 2 aromatic rings. The molecular formula is C17H23N3O2S. The van der Waals surface area contributed by atoms with Gasteiger partial charge in [0.2, 0.25) is 0 Å². The summed E-state index contributed by atoms with van der Waals surface area (Å²) in [6.07, 6.45) is 1.69. The number of hydrogen-bond acceptors (Lipinski definition) is 5. The minimum atomic E-state index is -0.219. The second kappa shape index (κ2) is 8.64. The minimum absolute atomic E-state index is 0.219. The molecule has 124 valence electrons. The second-order valence-electron chi connectivity index (χ2n) is 5.68. The molecule has 0 saturated heterocycles. The molecule has 0 radical (unpaired) electrons. The average molecular weight is 333 g/mol. The van der Waals surface area contributed by atoms with E-state index >= 15 is 0 Å². The summed E-state index contributed by atoms with van der Waals surface area (Å²) in [7, 11) is 0. The topological polar surface area (TPSA) is 77.2 Å². The van der Waals surface area contributed by atoms with Crippen molar-refractivity contribution in [3.05, 3.63) is 40.3 Å². The van der Waals surface area contributed by atoms with Crippen molar-refractivity contribution in [3.63, 3.8) is 0 Å². The van der Waals surface area contributed by atoms with Gasteiger partial charge in [-0.3, -0.25) is 4.79 Å². The van der Waals surface area contributed by atoms with Crippen LogP contribution in [-0.4, -0.2) is 24.0 Å². The highest BCUT2D eigenvalue weighted by Gasteiger charge is 2.11. The first kappa shape index (κ1) is 17.4. The van der Waals surface area contributed by atoms with Gasteiger partial charge in [-0.25, -0.2) is 4.98 Å². The molecular weight excluding hydrogens is 310 g/mol. The summed E-state index contributed by atoms with van der Waals surface area (Å²) in [5.74, 6) is 1.14. The third-order valence-electron chi connectivity index (χ3n) is 3.20. The Kier molecular flexibility index (Phi) is 6.55. The van der Waals surface area contributed by atoms with E-state index in [9.17, 15) is 4.79 Å². The van der Waals surface area contributed by atoms with Crippen LogP contribution in [0.25, 0.3) is 0 Å². The van der Waals surface area contributed by atoms with Crippen LogP contribution in [-0.2, 0) is 6.42 Å². The van der Waals surface area contributed by atoms with E-state index in [1.165, 1.54) is 11.3 Å². The Labute approximate surface area is 140 Å². The highest BCUT2D eigenvalue weighted by atomic mass is 32.1. The number of anilines is 1. The maximum Gasteiger partial charge on any atom is 0.275 e. The van der Waals surface area contributed by atoms with Gasteiger partial charge in [0.1, 0.15) is 11.4 Å². The van der Waals surface area contributed by atoms with Crippen LogP contribution in [0.1, 0.15) is 35.8 Å². The van der Waals surface area contributed by atoms with Crippen molar-refractivity contribution in [1.82, 2.24) is 4.98 Å². The lowest BCUT2D eigenvalue weighted by Gasteiger charge is -2.10. The second-order valence-corrected chi connectivity index (χ2v) is 6.62. The van der Waals surface area contributed by atoms with Gasteiger partial charge in [-0.15, -0.1) is 11.3 Å². The van der Waals surface area contributed by atoms with E-state index in [2.05, 4.69) is 24.1 Å². The molecule has 1 aromatic carbocycles. The lowest BCUT2D eigenvalue weighted by molar-refractivity contribution is 0.102. The number of benzene rings is 1. The fourth-order valence-corrected chi connectivity index (χ4v) is 2.72. The largest absolute Gasteiger partial charge is 0.494 e. The van der Waals surface area contributed by atoms with Gasteiger partial charge in [-0.05, 0) is 31.0 Å². The fraction of sp³-hybridized carbons (Fsp3) is 0.412. The molecule has 0 bridgehead atoms. The molecule has 0 atom stereocenters. The molecule has 1 amide bonds. The molecule has 0 spiro atoms. The zero-order chi connectivity index (χ0) is 16.7. The predicted molar refractivity (Wildman–Crippen MR) is 94.2 cm³/mol. The van der Waals surface area contributed by atoms with Crippen molar-refractivity contribution in [2.24, 2.45) is 11.7 Å². The molecule has 0 aliphatic rings. The minimum Gasteiger partial charge on any atom is -0.494 e. The normalized spacial score (nSPS) is 10.8. The number of nitrogens with zero attached hydrogens (tertiary/aromatic N) is 1. The lowest BCUT2D eigenvalue weighted by atomic mass is 10.1. The number of rotatable bonds is 8. The summed E-state index contributed by atoms with van der Waals surface area (Å²) in [6, 6.07) is 7.41. The Balaban J connectivity index is 1.94. The zero-order valence-electron chi connectivity index (χ0n) is 13.5. The van der Waals surface area contributed by atoms with Crippen LogP contribution in [0.3, 0.4) is 0 Å². The van der Waals surface area contributed by atoms with E-state index in [0.717, 1.165) is 17.2 Å². The number of amides is 1. The molecule has 0 unspecified atom stereocenters. The van der Waals surface area contributed by atoms with Crippen LogP contribution in [0.5, 0.6) is 5.75 Å². The highest BCUT2D eigenvalue weighted by Crippen LogP contribution is 2.19. The zero-order valence-corrected chi connectivity index (χ0v) is 14.4. The Morgan fingerprint density at radius 3 is 3.00 bits per heavy atom. The van der Waals surface area contributed by atoms with E-state index in [1.807, 2.05) is 24.3 Å². The van der Waals surface area contributed by atoms with Crippen LogP contribution in [0.2, 0.25) is 0 Å². The smallest absolute Gasteiger partial charge is 0.275 e. The average Bonchev–Trinajstić information content (AvgIpc) is 2.96. The number of ether oxygens (including phenoxy) is 1. The molecule has 1 heterocycles. The Morgan fingerprint density at radius 2 is 2.26 bits per heavy atom. The van der Waals surface area contributed by atoms with Gasteiger partial charge in [0.05, 0.1) is 11.6 Å². The number of nitrogens with two attached hydrogens (primary N) is 1. The summed E-state index contributed by atoms with van der Waals surface area (Å²) in [4.78, 5) is 16.5. The van der Waals surface area contributed by atoms with Crippen molar-refractivity contribution in [3.8, 4) is 5.75 Å². The maximum atomic E-state index is 12.2. The fourth-order valence-electron chi connectivity index (χ4n) is 1.92. The van der Waals surface area contributed by atoms with Crippen LogP contribution in [0, 0.1) is 5.92 Å². The van der Waals surface area contributed by atoms with Crippen molar-refractivity contribution in [2.75, 3.05) is 18.5 Å². The van der Waals surface area contributed by atoms with E-state index in [-0.39, 0.29) is 5.91 Å². The van der Waals surface area contributed by atoms with Crippen molar-refractivity contribution >= 4 is 22.9 Å². The van der Waals surface area contributed by atoms with E-state index in [0.29, 0.717) is 36.9 Å². The standard InChI is InChI=1S/C17H23N3O2S/c1-12(2)7-9-22-14-5-3-4-13(10-14)19-17(21)15-11-23-16(20-15)6-8-18/h3-5,10-12H,6-9,18H2,1-2H3,(H,19,21). The molecule has 0 aliphatic carbocycles. The molecule has 2 rings (SSSR count). The van der Waals surface area contributed by atoms with E-state index in [4.69, 9.17) is 10.5 Å². The SMILES string of the molecule is CC(C)CCOc1cccc(NC(=O)c2csc(CCN)n2)c1. The van der Waals surface area contributed by atoms with Gasteiger partial charge in [-0.2, -0.15) is 0 Å². The van der Waals surface area contributed by atoms with Gasteiger partial charge < -0.3 is 15.8 Å². The molecule has 3 N–H and O–H groups in total. The summed E-state index contributed by atoms with van der Waals surface area (Å²) in [6.45, 7) is 5.52. The number of nitrogens with one attached hydrogen (secondary N) is 1. The first-order chi connectivity index (χ1) is 11.1. The van der Waals surface area contributed by atoms with Gasteiger partial charge in [0.25, 0.3) is 5.91 Å². The molecule has 0 aliphatic heterocycles. The first-order valence-corrected chi connectivity index (χ1v) is 8.65. The van der Waals surface area contributed by atoms with Gasteiger partial charge in [0, 0.05) is 23.6 Å². The number of aromatic nitrogens is 1. The Bertz CT molecular complexity index is 640. The maximum absolute atomic E-state index is 12.2. The third-order valence-corrected chi connectivity index (χ3v) is 4.11. The van der Waals surface area contributed by atoms with Gasteiger partial charge in [0.15, 0.2) is 0 Å². The van der Waals surface area contributed by atoms with Crippen molar-refractivity contribution < 1.29 is 9.53 Å². The summed E-state index contributed by atoms with van der Waals surface area (Å²) >= 11 is 1.45. The number of thiazole rings is 1. The van der Waals surface area contributed by atoms with Crippen LogP contribution in [0.4, 0.5) is 5.69 Å². The van der Waals surface area contributed by atoms with Crippen molar-refractivity contribution in [1.29, 1.82) is 0 Å². The third kappa shape index (κ3) is 5.65. The molecule has 1 aromatic heterocycles. The predicted octanol–water partition coefficient (Wildman–Crippen LogP) is 3.32. The van der Waals surface area contributed by atoms with E-state index in [1.54, 1.807) is 5.38 Å². The highest BCUT2D eigenvalue weighted by molar-refractivity contribution is 7.09. The van der Waals surface area contributed by atoms with Crippen molar-refractivity contribution in [2.45, 2.75) is 26.7 Å². The quantitative estimate of drug-likeness (QED) is 0.777. The summed E-state index contributed by atoms with van der Waals surface area (Å²) < 4.78 is 5.70. The number of carbonyl (C=O) groups excluding carboxylic acids is 1. The molecule has 0 fully saturated rings. The van der Waals surface area contributed by atoms with E-state index < -0.39 is 0 Å². The first-order valence-electron chi connectivity index (χ1n) is 7.77. The summed E-state index contributed by atoms with van der Waals surface area (Å²) in [5.41, 5.74) is 6.62. The van der Waals surface area contributed by atoms with Gasteiger partial charge in [-0.1, -0.05) is 19.9 Å². The van der Waals surface area contributed by atoms with Crippen LogP contribution in [0.15, 0.2) is 29.6 Å². The Morgan fingerprint density at radius 1 is 1.43 bits per heavy atom. The lowest BCUT2D eigenvalue weighted by Crippen LogP contribution is -2.13. The number of hydrogen-bond donors (Lipinski definition) is 2. The van der Waals surface area contributed by atoms with Crippen LogP contribution >= 0.6 is 11.3 Å². The number of carbonyl (C=O) groups is 1. The molecule has 0 saturated carbocycles. The molecule has 23 heavy (non-hydrogen) atoms. The summed E-state index contributed by atoms with van der Waals surface area (Å²) in [5, 5.41) is 5.48. The molecule has 6 heteroatoms.